The molecule has 0 aliphatic carbocycles. The van der Waals surface area contributed by atoms with Gasteiger partial charge in [0.1, 0.15) is 11.6 Å². The molecule has 1 atom stereocenters. The Morgan fingerprint density at radius 2 is 2.06 bits per heavy atom. The monoisotopic (exact) mass is 315 g/mol. The third-order valence-corrected chi connectivity index (χ3v) is 3.36. The molecule has 3 nitrogen and oxygen atoms in total. The van der Waals surface area contributed by atoms with Crippen LogP contribution >= 0.6 is 15.9 Å². The summed E-state index contributed by atoms with van der Waals surface area (Å²) in [5.41, 5.74) is 7.09. The second-order valence-corrected chi connectivity index (χ2v) is 4.92. The molecule has 96 valence electrons. The van der Waals surface area contributed by atoms with Crippen molar-refractivity contribution in [3.05, 3.63) is 51.3 Å². The molecule has 6 heteroatoms. The molecular formula is C12H12BrF2N3. The minimum Gasteiger partial charge on any atom is -0.319 e. The fraction of sp³-hybridized carbons (Fsp3) is 0.250. The van der Waals surface area contributed by atoms with E-state index in [4.69, 9.17) is 5.73 Å². The topological polar surface area (TPSA) is 43.8 Å². The zero-order valence-electron chi connectivity index (χ0n) is 9.92. The van der Waals surface area contributed by atoms with Gasteiger partial charge in [0.15, 0.2) is 0 Å². The van der Waals surface area contributed by atoms with Gasteiger partial charge in [-0.2, -0.15) is 5.10 Å². The minimum absolute atomic E-state index is 0.160. The lowest BCUT2D eigenvalue weighted by Crippen LogP contribution is -2.19. The van der Waals surface area contributed by atoms with E-state index in [2.05, 4.69) is 21.0 Å². The highest BCUT2D eigenvalue weighted by atomic mass is 79.9. The first-order valence-electron chi connectivity index (χ1n) is 5.31. The smallest absolute Gasteiger partial charge is 0.145 e. The molecule has 0 spiro atoms. The van der Waals surface area contributed by atoms with Gasteiger partial charge in [-0.05, 0) is 41.1 Å². The number of aryl methyl sites for hydroxylation is 2. The number of halogens is 3. The molecule has 0 radical (unpaired) electrons. The Hall–Kier alpha value is -1.27. The van der Waals surface area contributed by atoms with Gasteiger partial charge in [-0.25, -0.2) is 8.78 Å². The summed E-state index contributed by atoms with van der Waals surface area (Å²) in [7, 11) is 1.69. The van der Waals surface area contributed by atoms with Crippen molar-refractivity contribution in [3.63, 3.8) is 0 Å². The normalized spacial score (nSPS) is 12.8. The first-order valence-corrected chi connectivity index (χ1v) is 6.10. The third-order valence-electron chi connectivity index (χ3n) is 2.75. The number of aromatic nitrogens is 2. The molecule has 1 aromatic heterocycles. The summed E-state index contributed by atoms with van der Waals surface area (Å²) in [5, 5.41) is 4.12. The van der Waals surface area contributed by atoms with Crippen LogP contribution in [0.15, 0.2) is 22.7 Å². The fourth-order valence-corrected chi connectivity index (χ4v) is 2.24. The molecule has 2 N–H and O–H groups in total. The van der Waals surface area contributed by atoms with Crippen LogP contribution in [0.3, 0.4) is 0 Å². The predicted octanol–water partition coefficient (Wildman–Crippen LogP) is 2.82. The van der Waals surface area contributed by atoms with E-state index in [1.807, 2.05) is 0 Å². The first kappa shape index (κ1) is 13.2. The second-order valence-electron chi connectivity index (χ2n) is 4.07. The van der Waals surface area contributed by atoms with E-state index in [-0.39, 0.29) is 10.0 Å². The van der Waals surface area contributed by atoms with Crippen LogP contribution in [0.25, 0.3) is 0 Å². The van der Waals surface area contributed by atoms with Crippen LogP contribution < -0.4 is 5.73 Å². The van der Waals surface area contributed by atoms with Crippen LogP contribution in [0.1, 0.15) is 23.0 Å². The Balaban J connectivity index is 2.56. The SMILES string of the molecule is Cc1cc(C(N)c2c(F)ccc(Br)c2F)n(C)n1. The third kappa shape index (κ3) is 2.18. The summed E-state index contributed by atoms with van der Waals surface area (Å²) in [6.45, 7) is 1.80. The predicted molar refractivity (Wildman–Crippen MR) is 68.0 cm³/mol. The molecular weight excluding hydrogens is 304 g/mol. The maximum Gasteiger partial charge on any atom is 0.145 e. The largest absolute Gasteiger partial charge is 0.319 e. The highest BCUT2D eigenvalue weighted by molar-refractivity contribution is 9.10. The molecule has 0 aliphatic heterocycles. The van der Waals surface area contributed by atoms with Gasteiger partial charge in [0.25, 0.3) is 0 Å². The number of nitrogens with zero attached hydrogens (tertiary/aromatic N) is 2. The molecule has 1 unspecified atom stereocenters. The lowest BCUT2D eigenvalue weighted by molar-refractivity contribution is 0.529. The van der Waals surface area contributed by atoms with Crippen LogP contribution in [0.5, 0.6) is 0 Å². The van der Waals surface area contributed by atoms with Gasteiger partial charge in [-0.3, -0.25) is 4.68 Å². The van der Waals surface area contributed by atoms with Crippen molar-refractivity contribution in [3.8, 4) is 0 Å². The average molecular weight is 316 g/mol. The van der Waals surface area contributed by atoms with Crippen molar-refractivity contribution in [2.75, 3.05) is 0 Å². The van der Waals surface area contributed by atoms with Gasteiger partial charge in [0, 0.05) is 12.6 Å². The molecule has 0 saturated carbocycles. The van der Waals surface area contributed by atoms with Crippen LogP contribution in [0.2, 0.25) is 0 Å². The molecule has 1 heterocycles. The van der Waals surface area contributed by atoms with E-state index in [0.717, 1.165) is 5.69 Å². The summed E-state index contributed by atoms with van der Waals surface area (Å²) < 4.78 is 29.4. The fourth-order valence-electron chi connectivity index (χ4n) is 1.90. The van der Waals surface area contributed by atoms with E-state index < -0.39 is 17.7 Å². The molecule has 2 rings (SSSR count). The quantitative estimate of drug-likeness (QED) is 0.866. The Morgan fingerprint density at radius 3 is 2.61 bits per heavy atom. The van der Waals surface area contributed by atoms with Crippen molar-refractivity contribution < 1.29 is 8.78 Å². The number of rotatable bonds is 2. The van der Waals surface area contributed by atoms with Crippen molar-refractivity contribution in [2.24, 2.45) is 12.8 Å². The Morgan fingerprint density at radius 1 is 1.39 bits per heavy atom. The highest BCUT2D eigenvalue weighted by Crippen LogP contribution is 2.29. The molecule has 0 amide bonds. The average Bonchev–Trinajstić information content (AvgIpc) is 2.63. The molecule has 1 aromatic carbocycles. The molecule has 0 aliphatic rings. The van der Waals surface area contributed by atoms with Gasteiger partial charge in [-0.15, -0.1) is 0 Å². The summed E-state index contributed by atoms with van der Waals surface area (Å²) in [5.74, 6) is -1.34. The summed E-state index contributed by atoms with van der Waals surface area (Å²) in [4.78, 5) is 0. The Labute approximate surface area is 112 Å². The Bertz CT molecular complexity index is 595. The van der Waals surface area contributed by atoms with Gasteiger partial charge in [0.05, 0.1) is 21.9 Å². The van der Waals surface area contributed by atoms with Crippen molar-refractivity contribution >= 4 is 15.9 Å². The second kappa shape index (κ2) is 4.78. The van der Waals surface area contributed by atoms with Crippen LogP contribution in [-0.2, 0) is 7.05 Å². The number of hydrogen-bond donors (Lipinski definition) is 1. The zero-order valence-corrected chi connectivity index (χ0v) is 11.5. The number of hydrogen-bond acceptors (Lipinski definition) is 2. The lowest BCUT2D eigenvalue weighted by atomic mass is 10.0. The van der Waals surface area contributed by atoms with Crippen LogP contribution in [-0.4, -0.2) is 9.78 Å². The molecule has 18 heavy (non-hydrogen) atoms. The lowest BCUT2D eigenvalue weighted by Gasteiger charge is -2.15. The van der Waals surface area contributed by atoms with E-state index in [0.29, 0.717) is 5.69 Å². The summed E-state index contributed by atoms with van der Waals surface area (Å²) >= 11 is 3.03. The maximum atomic E-state index is 13.9. The first-order chi connectivity index (χ1) is 8.41. The summed E-state index contributed by atoms with van der Waals surface area (Å²) in [6.07, 6.45) is 0. The zero-order chi connectivity index (χ0) is 13.4. The van der Waals surface area contributed by atoms with E-state index in [1.54, 1.807) is 20.0 Å². The van der Waals surface area contributed by atoms with Crippen molar-refractivity contribution in [1.82, 2.24) is 9.78 Å². The van der Waals surface area contributed by atoms with Crippen LogP contribution in [0, 0.1) is 18.6 Å². The number of benzene rings is 1. The van der Waals surface area contributed by atoms with E-state index >= 15 is 0 Å². The summed E-state index contributed by atoms with van der Waals surface area (Å²) in [6, 6.07) is 3.32. The Kier molecular flexibility index (Phi) is 3.49. The van der Waals surface area contributed by atoms with Gasteiger partial charge < -0.3 is 5.73 Å². The molecule has 0 saturated heterocycles. The minimum atomic E-state index is -0.895. The van der Waals surface area contributed by atoms with E-state index in [1.165, 1.54) is 16.8 Å². The van der Waals surface area contributed by atoms with Gasteiger partial charge in [0.2, 0.25) is 0 Å². The van der Waals surface area contributed by atoms with Crippen molar-refractivity contribution in [2.45, 2.75) is 13.0 Å². The van der Waals surface area contributed by atoms with Gasteiger partial charge >= 0.3 is 0 Å². The molecule has 0 fully saturated rings. The molecule has 0 bridgehead atoms. The van der Waals surface area contributed by atoms with E-state index in [9.17, 15) is 8.78 Å². The standard InChI is InChI=1S/C12H12BrF2N3/c1-6-5-9(18(2)17-6)12(16)10-8(14)4-3-7(13)11(10)15/h3-5,12H,16H2,1-2H3. The number of nitrogens with two attached hydrogens (primary N) is 1. The highest BCUT2D eigenvalue weighted by Gasteiger charge is 2.22. The molecule has 2 aromatic rings. The van der Waals surface area contributed by atoms with Crippen LogP contribution in [0.4, 0.5) is 8.78 Å². The van der Waals surface area contributed by atoms with Crippen molar-refractivity contribution in [1.29, 1.82) is 0 Å². The maximum absolute atomic E-state index is 13.9. The van der Waals surface area contributed by atoms with Gasteiger partial charge in [-0.1, -0.05) is 0 Å².